The van der Waals surface area contributed by atoms with Crippen molar-refractivity contribution in [2.75, 3.05) is 49.2 Å². The van der Waals surface area contributed by atoms with Crippen LogP contribution in [-0.4, -0.2) is 49.0 Å². The van der Waals surface area contributed by atoms with Crippen molar-refractivity contribution in [1.29, 1.82) is 0 Å². The molecule has 3 aromatic rings. The number of nitrogens with one attached hydrogen (secondary N) is 1. The van der Waals surface area contributed by atoms with Crippen molar-refractivity contribution >= 4 is 34.7 Å². The number of rotatable bonds is 6. The van der Waals surface area contributed by atoms with E-state index in [9.17, 15) is 4.79 Å². The predicted octanol–water partition coefficient (Wildman–Crippen LogP) is 4.46. The van der Waals surface area contributed by atoms with Gasteiger partial charge in [0.1, 0.15) is 6.10 Å². The molecule has 0 spiro atoms. The number of pyridine rings is 1. The minimum atomic E-state index is -0.315. The number of piperazine rings is 1. The second-order valence-corrected chi connectivity index (χ2v) is 8.65. The Morgan fingerprint density at radius 3 is 2.67 bits per heavy atom. The lowest BCUT2D eigenvalue weighted by Crippen LogP contribution is -2.44. The number of carbonyl (C=O) groups excluding carboxylic acids is 1. The van der Waals surface area contributed by atoms with E-state index < -0.39 is 0 Å². The number of nitrogen functional groups attached to an aromatic ring is 1. The molecule has 4 rings (SSSR count). The third-order valence-corrected chi connectivity index (χ3v) is 5.95. The maximum Gasteiger partial charge on any atom is 0.255 e. The highest BCUT2D eigenvalue weighted by atomic mass is 35.5. The smallest absolute Gasteiger partial charge is 0.255 e. The Labute approximate surface area is 199 Å². The molecule has 1 amide bonds. The topological polar surface area (TPSA) is 83.7 Å². The molecule has 1 atom stereocenters. The first-order chi connectivity index (χ1) is 15.9. The normalized spacial score (nSPS) is 15.2. The summed E-state index contributed by atoms with van der Waals surface area (Å²) in [7, 11) is 2.13. The number of amides is 1. The highest BCUT2D eigenvalue weighted by Gasteiger charge is 2.16. The number of benzene rings is 2. The molecule has 0 aliphatic carbocycles. The Bertz CT molecular complexity index is 1130. The second-order valence-electron chi connectivity index (χ2n) is 8.22. The molecule has 8 heteroatoms. The van der Waals surface area contributed by atoms with Crippen LogP contribution in [-0.2, 0) is 0 Å². The lowest BCUT2D eigenvalue weighted by Gasteiger charge is -2.34. The number of anilines is 3. The Balaban J connectivity index is 1.44. The fraction of sp³-hybridized carbons (Fsp3) is 0.280. The molecule has 1 fully saturated rings. The van der Waals surface area contributed by atoms with E-state index >= 15 is 0 Å². The molecule has 7 nitrogen and oxygen atoms in total. The van der Waals surface area contributed by atoms with Gasteiger partial charge in [0.25, 0.3) is 5.91 Å². The molecule has 0 saturated carbocycles. The quantitative estimate of drug-likeness (QED) is 0.559. The molecule has 2 aromatic carbocycles. The van der Waals surface area contributed by atoms with Crippen LogP contribution >= 0.6 is 11.6 Å². The van der Waals surface area contributed by atoms with Crippen LogP contribution < -0.4 is 20.7 Å². The van der Waals surface area contributed by atoms with Crippen LogP contribution in [0.5, 0.6) is 5.75 Å². The molecule has 1 aliphatic rings. The Hall–Kier alpha value is -3.29. The van der Waals surface area contributed by atoms with Crippen molar-refractivity contribution < 1.29 is 9.53 Å². The number of carbonyl (C=O) groups is 1. The van der Waals surface area contributed by atoms with Gasteiger partial charge in [0, 0.05) is 55.4 Å². The van der Waals surface area contributed by atoms with Crippen LogP contribution in [0.4, 0.5) is 17.2 Å². The van der Waals surface area contributed by atoms with Gasteiger partial charge in [-0.15, -0.1) is 0 Å². The summed E-state index contributed by atoms with van der Waals surface area (Å²) in [6.45, 7) is 5.84. The third kappa shape index (κ3) is 5.74. The van der Waals surface area contributed by atoms with Gasteiger partial charge in [0.05, 0.1) is 5.02 Å². The van der Waals surface area contributed by atoms with Crippen molar-refractivity contribution in [3.8, 4) is 5.75 Å². The number of hydrogen-bond donors (Lipinski definition) is 2. The summed E-state index contributed by atoms with van der Waals surface area (Å²) < 4.78 is 5.95. The Morgan fingerprint density at radius 1 is 1.12 bits per heavy atom. The zero-order valence-corrected chi connectivity index (χ0v) is 19.5. The van der Waals surface area contributed by atoms with Gasteiger partial charge in [-0.2, -0.15) is 0 Å². The molecule has 2 heterocycles. The van der Waals surface area contributed by atoms with E-state index in [1.54, 1.807) is 6.07 Å². The number of nitrogens with two attached hydrogens (primary N) is 1. The van der Waals surface area contributed by atoms with Crippen molar-refractivity contribution in [3.05, 3.63) is 76.9 Å². The highest BCUT2D eigenvalue weighted by molar-refractivity contribution is 6.30. The monoisotopic (exact) mass is 465 g/mol. The van der Waals surface area contributed by atoms with Crippen molar-refractivity contribution in [3.63, 3.8) is 0 Å². The zero-order chi connectivity index (χ0) is 23.4. The van der Waals surface area contributed by atoms with Crippen molar-refractivity contribution in [1.82, 2.24) is 9.88 Å². The molecule has 1 aliphatic heterocycles. The summed E-state index contributed by atoms with van der Waals surface area (Å²) >= 11 is 6.00. The van der Waals surface area contributed by atoms with E-state index in [-0.39, 0.29) is 17.8 Å². The molecule has 1 saturated heterocycles. The van der Waals surface area contributed by atoms with Gasteiger partial charge in [-0.25, -0.2) is 4.98 Å². The fourth-order valence-electron chi connectivity index (χ4n) is 3.77. The maximum atomic E-state index is 12.9. The predicted molar refractivity (Wildman–Crippen MR) is 133 cm³/mol. The van der Waals surface area contributed by atoms with E-state index in [0.29, 0.717) is 22.0 Å². The van der Waals surface area contributed by atoms with Crippen LogP contribution in [0, 0.1) is 0 Å². The van der Waals surface area contributed by atoms with Gasteiger partial charge in [0.2, 0.25) is 0 Å². The number of likely N-dealkylation sites (N-methyl/N-ethyl adjacent to an activating group) is 1. The van der Waals surface area contributed by atoms with E-state index in [2.05, 4.69) is 33.2 Å². The lowest BCUT2D eigenvalue weighted by atomic mass is 10.1. The largest absolute Gasteiger partial charge is 0.482 e. The van der Waals surface area contributed by atoms with Crippen molar-refractivity contribution in [2.45, 2.75) is 13.0 Å². The summed E-state index contributed by atoms with van der Waals surface area (Å²) in [6, 6.07) is 17.0. The summed E-state index contributed by atoms with van der Waals surface area (Å²) in [5.74, 6) is 0.543. The number of nitrogens with zero attached hydrogens (tertiary/aromatic N) is 3. The summed E-state index contributed by atoms with van der Waals surface area (Å²) in [6.07, 6.45) is 1.16. The number of hydrogen-bond acceptors (Lipinski definition) is 6. The van der Waals surface area contributed by atoms with Crippen LogP contribution in [0.15, 0.2) is 60.8 Å². The Morgan fingerprint density at radius 2 is 1.88 bits per heavy atom. The minimum absolute atomic E-state index is 0.153. The van der Waals surface area contributed by atoms with Gasteiger partial charge < -0.3 is 25.6 Å². The van der Waals surface area contributed by atoms with Gasteiger partial charge in [-0.1, -0.05) is 29.8 Å². The highest BCUT2D eigenvalue weighted by Crippen LogP contribution is 2.29. The Kier molecular flexibility index (Phi) is 7.01. The van der Waals surface area contributed by atoms with Crippen LogP contribution in [0.2, 0.25) is 5.02 Å². The molecule has 0 radical (unpaired) electrons. The molecular weight excluding hydrogens is 438 g/mol. The number of aromatic nitrogens is 1. The van der Waals surface area contributed by atoms with E-state index in [0.717, 1.165) is 37.4 Å². The van der Waals surface area contributed by atoms with Gasteiger partial charge in [-0.05, 0) is 49.9 Å². The maximum absolute atomic E-state index is 12.9. The number of ether oxygens (including phenoxy) is 1. The molecule has 1 aromatic heterocycles. The van der Waals surface area contributed by atoms with E-state index in [1.165, 1.54) is 6.20 Å². The molecule has 3 N–H and O–H groups in total. The first-order valence-corrected chi connectivity index (χ1v) is 11.3. The van der Waals surface area contributed by atoms with Crippen LogP contribution in [0.3, 0.4) is 0 Å². The summed E-state index contributed by atoms with van der Waals surface area (Å²) in [5, 5.41) is 3.45. The average Bonchev–Trinajstić information content (AvgIpc) is 2.82. The van der Waals surface area contributed by atoms with Crippen LogP contribution in [0.1, 0.15) is 28.9 Å². The standard InChI is InChI=1S/C25H28ClN5O2/c1-17(33-23-15-20(26)16-28-24(23)27)18-5-3-7-21(13-18)29-25(32)19-6-4-8-22(14-19)31-11-9-30(2)10-12-31/h3-8,13-17H,9-12H2,1-2H3,(H2,27,28)(H,29,32). The van der Waals surface area contributed by atoms with Gasteiger partial charge in [0.15, 0.2) is 11.6 Å². The summed E-state index contributed by atoms with van der Waals surface area (Å²) in [4.78, 5) is 21.6. The fourth-order valence-corrected chi connectivity index (χ4v) is 3.91. The van der Waals surface area contributed by atoms with Gasteiger partial charge in [-0.3, -0.25) is 4.79 Å². The molecule has 1 unspecified atom stereocenters. The van der Waals surface area contributed by atoms with E-state index in [1.807, 2.05) is 49.4 Å². The lowest BCUT2D eigenvalue weighted by molar-refractivity contribution is 0.102. The minimum Gasteiger partial charge on any atom is -0.482 e. The first-order valence-electron chi connectivity index (χ1n) is 10.9. The van der Waals surface area contributed by atoms with E-state index in [4.69, 9.17) is 22.1 Å². The van der Waals surface area contributed by atoms with Crippen LogP contribution in [0.25, 0.3) is 0 Å². The molecular formula is C25H28ClN5O2. The third-order valence-electron chi connectivity index (χ3n) is 5.74. The molecule has 33 heavy (non-hydrogen) atoms. The number of halogens is 1. The molecule has 0 bridgehead atoms. The van der Waals surface area contributed by atoms with Crippen molar-refractivity contribution in [2.24, 2.45) is 0 Å². The summed E-state index contributed by atoms with van der Waals surface area (Å²) in [5.41, 5.74) is 9.16. The van der Waals surface area contributed by atoms with Gasteiger partial charge >= 0.3 is 0 Å². The SMILES string of the molecule is CC(Oc1cc(Cl)cnc1N)c1cccc(NC(=O)c2cccc(N3CCN(C)CC3)c2)c1. The second kappa shape index (κ2) is 10.1. The average molecular weight is 466 g/mol. The zero-order valence-electron chi connectivity index (χ0n) is 18.8. The molecule has 172 valence electrons. The first kappa shape index (κ1) is 22.9.